The average molecular weight is 411 g/mol. The number of aryl methyl sites for hydroxylation is 1. The van der Waals surface area contributed by atoms with Gasteiger partial charge < -0.3 is 4.74 Å². The van der Waals surface area contributed by atoms with E-state index in [9.17, 15) is 19.7 Å². The van der Waals surface area contributed by atoms with Crippen LogP contribution in [0.15, 0.2) is 48.0 Å². The zero-order valence-corrected chi connectivity index (χ0v) is 16.5. The Bertz CT molecular complexity index is 1100. The molecule has 3 aromatic rings. The highest BCUT2D eigenvalue weighted by Gasteiger charge is 2.18. The molecule has 29 heavy (non-hydrogen) atoms. The van der Waals surface area contributed by atoms with Crippen molar-refractivity contribution in [2.45, 2.75) is 13.8 Å². The molecular weight excluding hydrogens is 394 g/mol. The summed E-state index contributed by atoms with van der Waals surface area (Å²) in [6.45, 7) is 3.28. The van der Waals surface area contributed by atoms with Crippen molar-refractivity contribution in [3.8, 4) is 5.13 Å². The fraction of sp³-hybridized carbons (Fsp3) is 0.150. The Labute approximate surface area is 170 Å². The van der Waals surface area contributed by atoms with E-state index in [4.69, 9.17) is 4.74 Å². The van der Waals surface area contributed by atoms with E-state index in [1.807, 2.05) is 23.8 Å². The van der Waals surface area contributed by atoms with Crippen LogP contribution in [0, 0.1) is 24.0 Å². The molecule has 2 aromatic heterocycles. The molecule has 0 aliphatic carbocycles. The van der Waals surface area contributed by atoms with Crippen LogP contribution in [0.3, 0.4) is 0 Å². The maximum absolute atomic E-state index is 12.5. The van der Waals surface area contributed by atoms with Crippen LogP contribution in [0.25, 0.3) is 11.2 Å². The van der Waals surface area contributed by atoms with Gasteiger partial charge in [0.15, 0.2) is 11.7 Å². The zero-order chi connectivity index (χ0) is 21.0. The third-order valence-corrected chi connectivity index (χ3v) is 4.94. The summed E-state index contributed by atoms with van der Waals surface area (Å²) in [4.78, 5) is 38.9. The van der Waals surface area contributed by atoms with Crippen molar-refractivity contribution >= 4 is 34.9 Å². The summed E-state index contributed by atoms with van der Waals surface area (Å²) in [5, 5.41) is 13.4. The third-order valence-electron chi connectivity index (χ3n) is 4.18. The van der Waals surface area contributed by atoms with Crippen molar-refractivity contribution in [1.82, 2.24) is 9.55 Å². The predicted molar refractivity (Wildman–Crippen MR) is 108 cm³/mol. The second-order valence-corrected chi connectivity index (χ2v) is 7.02. The number of Topliss-reactive ketones (excluding diaryl/α,β-unsaturated/α-hetero) is 1. The summed E-state index contributed by atoms with van der Waals surface area (Å²) in [6.07, 6.45) is 4.22. The predicted octanol–water partition coefficient (Wildman–Crippen LogP) is 3.90. The first-order valence-electron chi connectivity index (χ1n) is 8.58. The maximum Gasteiger partial charge on any atom is 0.331 e. The number of benzene rings is 1. The summed E-state index contributed by atoms with van der Waals surface area (Å²) in [5.74, 6) is -1.03. The number of nitro groups is 1. The highest BCUT2D eigenvalue weighted by atomic mass is 32.1. The SMILES string of the molecule is Cc1cc(C(=O)COC(=O)/C=C/c2cccc([N+](=O)[O-])c2)c(C)n1-c1nccs1. The van der Waals surface area contributed by atoms with E-state index in [-0.39, 0.29) is 11.5 Å². The standard InChI is InChI=1S/C20H17N3O5S/c1-13-10-17(14(2)22(13)20-21-8-9-29-20)18(24)12-28-19(25)7-6-15-4-3-5-16(11-15)23(26)27/h3-11H,12H2,1-2H3/b7-6+. The van der Waals surface area contributed by atoms with Crippen molar-refractivity contribution in [3.05, 3.63) is 80.6 Å². The van der Waals surface area contributed by atoms with Crippen molar-refractivity contribution in [2.24, 2.45) is 0 Å². The van der Waals surface area contributed by atoms with Gasteiger partial charge in [-0.3, -0.25) is 19.5 Å². The van der Waals surface area contributed by atoms with Crippen LogP contribution < -0.4 is 0 Å². The first-order valence-corrected chi connectivity index (χ1v) is 9.46. The minimum Gasteiger partial charge on any atom is -0.454 e. The quantitative estimate of drug-likeness (QED) is 0.192. The molecular formula is C20H17N3O5S. The number of ketones is 1. The van der Waals surface area contributed by atoms with E-state index in [1.54, 1.807) is 18.3 Å². The molecule has 0 aliphatic heterocycles. The lowest BCUT2D eigenvalue weighted by Gasteiger charge is -2.05. The van der Waals surface area contributed by atoms with Crippen molar-refractivity contribution < 1.29 is 19.2 Å². The van der Waals surface area contributed by atoms with Crippen LogP contribution in [0.1, 0.15) is 27.3 Å². The smallest absolute Gasteiger partial charge is 0.331 e. The topological polar surface area (TPSA) is 104 Å². The zero-order valence-electron chi connectivity index (χ0n) is 15.7. The molecule has 148 valence electrons. The lowest BCUT2D eigenvalue weighted by atomic mass is 10.1. The van der Waals surface area contributed by atoms with Gasteiger partial charge in [0.2, 0.25) is 5.78 Å². The molecule has 3 rings (SSSR count). The van der Waals surface area contributed by atoms with Gasteiger partial charge in [0.05, 0.1) is 4.92 Å². The lowest BCUT2D eigenvalue weighted by Crippen LogP contribution is -2.13. The molecule has 0 saturated carbocycles. The number of aromatic nitrogens is 2. The van der Waals surface area contributed by atoms with Gasteiger partial charge in [-0.2, -0.15) is 0 Å². The maximum atomic E-state index is 12.5. The second kappa shape index (κ2) is 8.61. The molecule has 0 amide bonds. The number of hydrogen-bond donors (Lipinski definition) is 0. The second-order valence-electron chi connectivity index (χ2n) is 6.15. The Balaban J connectivity index is 1.64. The Morgan fingerprint density at radius 2 is 2.10 bits per heavy atom. The molecule has 0 aliphatic rings. The molecule has 0 fully saturated rings. The summed E-state index contributed by atoms with van der Waals surface area (Å²) >= 11 is 1.46. The summed E-state index contributed by atoms with van der Waals surface area (Å²) in [5.41, 5.74) is 2.46. The van der Waals surface area contributed by atoms with Gasteiger partial charge >= 0.3 is 5.97 Å². The number of hydrogen-bond acceptors (Lipinski definition) is 7. The number of nitrogens with zero attached hydrogens (tertiary/aromatic N) is 3. The van der Waals surface area contributed by atoms with E-state index in [2.05, 4.69) is 4.98 Å². The molecule has 1 aromatic carbocycles. The fourth-order valence-electron chi connectivity index (χ4n) is 2.83. The molecule has 0 atom stereocenters. The van der Waals surface area contributed by atoms with Crippen molar-refractivity contribution in [3.63, 3.8) is 0 Å². The van der Waals surface area contributed by atoms with E-state index in [0.717, 1.165) is 22.6 Å². The molecule has 8 nitrogen and oxygen atoms in total. The van der Waals surface area contributed by atoms with E-state index >= 15 is 0 Å². The number of esters is 1. The Morgan fingerprint density at radius 1 is 1.31 bits per heavy atom. The number of thiazole rings is 1. The van der Waals surface area contributed by atoms with E-state index < -0.39 is 17.5 Å². The van der Waals surface area contributed by atoms with Gasteiger partial charge in [0.25, 0.3) is 5.69 Å². The Kier molecular flexibility index (Phi) is 5.99. The number of non-ortho nitro benzene ring substituents is 1. The molecule has 0 N–H and O–H groups in total. The van der Waals surface area contributed by atoms with Crippen LogP contribution in [0.5, 0.6) is 0 Å². The van der Waals surface area contributed by atoms with Crippen molar-refractivity contribution in [1.29, 1.82) is 0 Å². The Morgan fingerprint density at radius 3 is 2.79 bits per heavy atom. The number of ether oxygens (including phenoxy) is 1. The molecule has 9 heteroatoms. The van der Waals surface area contributed by atoms with Gasteiger partial charge in [0, 0.05) is 46.7 Å². The molecule has 0 unspecified atom stereocenters. The first-order chi connectivity index (χ1) is 13.9. The monoisotopic (exact) mass is 411 g/mol. The van der Waals surface area contributed by atoms with Gasteiger partial charge in [-0.05, 0) is 31.6 Å². The van der Waals surface area contributed by atoms with Crippen molar-refractivity contribution in [2.75, 3.05) is 6.61 Å². The van der Waals surface area contributed by atoms with Crippen LogP contribution >= 0.6 is 11.3 Å². The normalized spacial score (nSPS) is 11.0. The third kappa shape index (κ3) is 4.64. The molecule has 2 heterocycles. The highest BCUT2D eigenvalue weighted by molar-refractivity contribution is 7.12. The minimum atomic E-state index is -0.710. The van der Waals surface area contributed by atoms with Crippen LogP contribution in [-0.2, 0) is 9.53 Å². The van der Waals surface area contributed by atoms with Crippen LogP contribution in [0.2, 0.25) is 0 Å². The van der Waals surface area contributed by atoms with E-state index in [1.165, 1.54) is 35.6 Å². The largest absolute Gasteiger partial charge is 0.454 e. The van der Waals surface area contributed by atoms with Gasteiger partial charge in [0.1, 0.15) is 0 Å². The van der Waals surface area contributed by atoms with Gasteiger partial charge in [-0.25, -0.2) is 9.78 Å². The highest BCUT2D eigenvalue weighted by Crippen LogP contribution is 2.22. The summed E-state index contributed by atoms with van der Waals surface area (Å²) in [7, 11) is 0. The lowest BCUT2D eigenvalue weighted by molar-refractivity contribution is -0.384. The van der Waals surface area contributed by atoms with E-state index in [0.29, 0.717) is 11.1 Å². The molecule has 0 spiro atoms. The minimum absolute atomic E-state index is 0.0775. The summed E-state index contributed by atoms with van der Waals surface area (Å²) in [6, 6.07) is 7.57. The van der Waals surface area contributed by atoms with Gasteiger partial charge in [-0.15, -0.1) is 11.3 Å². The first kappa shape index (κ1) is 20.2. The van der Waals surface area contributed by atoms with Crippen LogP contribution in [0.4, 0.5) is 5.69 Å². The average Bonchev–Trinajstić information content (AvgIpc) is 3.32. The molecule has 0 radical (unpaired) electrons. The molecule has 0 saturated heterocycles. The Hall–Kier alpha value is -3.59. The fourth-order valence-corrected chi connectivity index (χ4v) is 3.59. The number of carbonyl (C=O) groups is 2. The summed E-state index contributed by atoms with van der Waals surface area (Å²) < 4.78 is 6.90. The van der Waals surface area contributed by atoms with Crippen LogP contribution in [-0.4, -0.2) is 32.8 Å². The number of rotatable bonds is 7. The number of nitro benzene ring substituents is 1. The number of carbonyl (C=O) groups excluding carboxylic acids is 2. The van der Waals surface area contributed by atoms with Gasteiger partial charge in [-0.1, -0.05) is 12.1 Å². The molecule has 0 bridgehead atoms.